The predicted octanol–water partition coefficient (Wildman–Crippen LogP) is 2.38. The van der Waals surface area contributed by atoms with Gasteiger partial charge in [-0.05, 0) is 30.8 Å². The van der Waals surface area contributed by atoms with Crippen molar-refractivity contribution in [1.29, 1.82) is 0 Å². The summed E-state index contributed by atoms with van der Waals surface area (Å²) >= 11 is 6.19. The van der Waals surface area contributed by atoms with E-state index in [1.807, 2.05) is 19.2 Å². The zero-order valence-corrected chi connectivity index (χ0v) is 10.8. The predicted molar refractivity (Wildman–Crippen MR) is 71.0 cm³/mol. The molecule has 18 heavy (non-hydrogen) atoms. The molecule has 3 rings (SSSR count). The summed E-state index contributed by atoms with van der Waals surface area (Å²) in [5.74, 6) is 1.81. The van der Waals surface area contributed by atoms with Crippen LogP contribution in [0.1, 0.15) is 11.4 Å². The van der Waals surface area contributed by atoms with Gasteiger partial charge in [0.05, 0.1) is 13.2 Å². The Morgan fingerprint density at radius 2 is 2.39 bits per heavy atom. The third-order valence-electron chi connectivity index (χ3n) is 3.02. The van der Waals surface area contributed by atoms with E-state index in [0.717, 1.165) is 35.9 Å². The third-order valence-corrected chi connectivity index (χ3v) is 3.29. The molecule has 1 aromatic heterocycles. The minimum atomic E-state index is 0.583. The number of hydrogen-bond acceptors (Lipinski definition) is 3. The number of aromatic nitrogens is 2. The topological polar surface area (TPSA) is 49.9 Å². The molecule has 0 unspecified atom stereocenters. The van der Waals surface area contributed by atoms with Gasteiger partial charge >= 0.3 is 0 Å². The fourth-order valence-electron chi connectivity index (χ4n) is 2.17. The number of nitrogens with zero attached hydrogens (tertiary/aromatic N) is 1. The number of fused-ring (bicyclic) bond motifs is 1. The Bertz CT molecular complexity index is 580. The van der Waals surface area contributed by atoms with Gasteiger partial charge in [0.25, 0.3) is 0 Å². The molecule has 0 radical (unpaired) electrons. The average Bonchev–Trinajstić information content (AvgIpc) is 2.95. The first-order chi connectivity index (χ1) is 8.78. The zero-order chi connectivity index (χ0) is 12.5. The fourth-order valence-corrected chi connectivity index (χ4v) is 2.43. The number of benzene rings is 1. The first-order valence-corrected chi connectivity index (χ1v) is 6.31. The fraction of sp³-hybridized carbons (Fsp3) is 0.308. The Labute approximate surface area is 110 Å². The van der Waals surface area contributed by atoms with E-state index in [4.69, 9.17) is 16.3 Å². The summed E-state index contributed by atoms with van der Waals surface area (Å²) in [6.07, 6.45) is 0.953. The van der Waals surface area contributed by atoms with Gasteiger partial charge in [0.15, 0.2) is 0 Å². The Balaban J connectivity index is 1.99. The number of rotatable bonds is 3. The molecule has 0 bridgehead atoms. The van der Waals surface area contributed by atoms with Crippen LogP contribution in [0.4, 0.5) is 0 Å². The van der Waals surface area contributed by atoms with Crippen LogP contribution in [-0.2, 0) is 13.0 Å². The van der Waals surface area contributed by atoms with Gasteiger partial charge in [0.2, 0.25) is 0 Å². The lowest BCUT2D eigenvalue weighted by Crippen LogP contribution is -2.06. The summed E-state index contributed by atoms with van der Waals surface area (Å²) in [7, 11) is 1.88. The van der Waals surface area contributed by atoms with Gasteiger partial charge in [0.1, 0.15) is 22.4 Å². The molecule has 4 nitrogen and oxygen atoms in total. The second-order valence-electron chi connectivity index (χ2n) is 4.30. The molecule has 5 heteroatoms. The van der Waals surface area contributed by atoms with E-state index in [9.17, 15) is 0 Å². The minimum Gasteiger partial charge on any atom is -0.493 e. The molecule has 0 saturated heterocycles. The van der Waals surface area contributed by atoms with E-state index >= 15 is 0 Å². The van der Waals surface area contributed by atoms with Crippen molar-refractivity contribution in [1.82, 2.24) is 15.3 Å². The summed E-state index contributed by atoms with van der Waals surface area (Å²) in [4.78, 5) is 7.58. The van der Waals surface area contributed by atoms with Crippen LogP contribution in [0.5, 0.6) is 5.75 Å². The van der Waals surface area contributed by atoms with Gasteiger partial charge in [-0.2, -0.15) is 0 Å². The maximum Gasteiger partial charge on any atom is 0.134 e. The van der Waals surface area contributed by atoms with Crippen molar-refractivity contribution in [3.63, 3.8) is 0 Å². The van der Waals surface area contributed by atoms with Crippen molar-refractivity contribution in [2.45, 2.75) is 13.0 Å². The first-order valence-electron chi connectivity index (χ1n) is 5.93. The molecule has 0 fully saturated rings. The second-order valence-corrected chi connectivity index (χ2v) is 4.68. The van der Waals surface area contributed by atoms with Crippen molar-refractivity contribution in [3.05, 3.63) is 34.7 Å². The van der Waals surface area contributed by atoms with E-state index < -0.39 is 0 Å². The van der Waals surface area contributed by atoms with Crippen molar-refractivity contribution in [3.8, 4) is 17.0 Å². The Hall–Kier alpha value is -1.52. The van der Waals surface area contributed by atoms with Gasteiger partial charge in [-0.1, -0.05) is 11.6 Å². The highest BCUT2D eigenvalue weighted by Gasteiger charge is 2.16. The van der Waals surface area contributed by atoms with Crippen LogP contribution < -0.4 is 10.1 Å². The van der Waals surface area contributed by atoms with Crippen LogP contribution in [0.3, 0.4) is 0 Å². The lowest BCUT2D eigenvalue weighted by molar-refractivity contribution is 0.357. The monoisotopic (exact) mass is 263 g/mol. The maximum absolute atomic E-state index is 6.19. The molecule has 94 valence electrons. The molecule has 0 aliphatic carbocycles. The molecule has 2 N–H and O–H groups in total. The van der Waals surface area contributed by atoms with Crippen LogP contribution in [-0.4, -0.2) is 23.6 Å². The summed E-state index contributed by atoms with van der Waals surface area (Å²) in [6.45, 7) is 1.44. The van der Waals surface area contributed by atoms with E-state index in [-0.39, 0.29) is 0 Å². The number of imidazole rings is 1. The Morgan fingerprint density at radius 1 is 1.50 bits per heavy atom. The first kappa shape index (κ1) is 11.6. The molecule has 1 aliphatic rings. The standard InChI is InChI=1S/C13H14ClN3O/c1-15-7-11-16-12(13(14)17-11)9-2-3-10-8(6-9)4-5-18-10/h2-3,6,15H,4-5,7H2,1H3,(H,16,17). The zero-order valence-electron chi connectivity index (χ0n) is 10.1. The molecule has 1 aromatic carbocycles. The number of hydrogen-bond donors (Lipinski definition) is 2. The van der Waals surface area contributed by atoms with Crippen LogP contribution in [0.15, 0.2) is 18.2 Å². The normalized spacial score (nSPS) is 13.4. The second kappa shape index (κ2) is 4.63. The molecule has 2 aromatic rings. The number of aromatic amines is 1. The third kappa shape index (κ3) is 1.98. The van der Waals surface area contributed by atoms with Gasteiger partial charge < -0.3 is 15.0 Å². The highest BCUT2D eigenvalue weighted by molar-refractivity contribution is 6.31. The van der Waals surface area contributed by atoms with Gasteiger partial charge in [0, 0.05) is 12.0 Å². The molecule has 0 saturated carbocycles. The molecule has 1 aliphatic heterocycles. The number of halogens is 1. The lowest BCUT2D eigenvalue weighted by Gasteiger charge is -2.01. The summed E-state index contributed by atoms with van der Waals surface area (Å²) < 4.78 is 5.49. The van der Waals surface area contributed by atoms with Crippen LogP contribution in [0.2, 0.25) is 5.15 Å². The largest absolute Gasteiger partial charge is 0.493 e. The van der Waals surface area contributed by atoms with Gasteiger partial charge in [-0.3, -0.25) is 0 Å². The number of nitrogens with one attached hydrogen (secondary N) is 2. The molecule has 0 atom stereocenters. The van der Waals surface area contributed by atoms with Crippen molar-refractivity contribution in [2.24, 2.45) is 0 Å². The highest BCUT2D eigenvalue weighted by atomic mass is 35.5. The Kier molecular flexibility index (Phi) is 2.97. The van der Waals surface area contributed by atoms with Crippen molar-refractivity contribution < 1.29 is 4.74 Å². The van der Waals surface area contributed by atoms with Crippen molar-refractivity contribution >= 4 is 11.6 Å². The quantitative estimate of drug-likeness (QED) is 0.894. The molecular weight excluding hydrogens is 250 g/mol. The van der Waals surface area contributed by atoms with Crippen LogP contribution >= 0.6 is 11.6 Å². The summed E-state index contributed by atoms with van der Waals surface area (Å²) in [5.41, 5.74) is 3.06. The minimum absolute atomic E-state index is 0.583. The van der Waals surface area contributed by atoms with Crippen LogP contribution in [0.25, 0.3) is 11.3 Å². The maximum atomic E-state index is 6.19. The average molecular weight is 264 g/mol. The van der Waals surface area contributed by atoms with E-state index in [0.29, 0.717) is 11.7 Å². The molecule has 0 amide bonds. The highest BCUT2D eigenvalue weighted by Crippen LogP contribution is 2.32. The molecular formula is C13H14ClN3O. The number of ether oxygens (including phenoxy) is 1. The van der Waals surface area contributed by atoms with E-state index in [1.54, 1.807) is 0 Å². The lowest BCUT2D eigenvalue weighted by atomic mass is 10.1. The smallest absolute Gasteiger partial charge is 0.134 e. The van der Waals surface area contributed by atoms with E-state index in [1.165, 1.54) is 5.56 Å². The SMILES string of the molecule is CNCc1nc(-c2ccc3c(c2)CCO3)c(Cl)[nH]1. The van der Waals surface area contributed by atoms with Crippen LogP contribution in [0, 0.1) is 0 Å². The number of H-pyrrole nitrogens is 1. The molecule has 0 spiro atoms. The Morgan fingerprint density at radius 3 is 3.22 bits per heavy atom. The van der Waals surface area contributed by atoms with Gasteiger partial charge in [-0.25, -0.2) is 4.98 Å². The summed E-state index contributed by atoms with van der Waals surface area (Å²) in [5, 5.41) is 3.63. The summed E-state index contributed by atoms with van der Waals surface area (Å²) in [6, 6.07) is 6.09. The molecule has 2 heterocycles. The van der Waals surface area contributed by atoms with E-state index in [2.05, 4.69) is 21.4 Å². The van der Waals surface area contributed by atoms with Gasteiger partial charge in [-0.15, -0.1) is 0 Å². The van der Waals surface area contributed by atoms with Crippen molar-refractivity contribution in [2.75, 3.05) is 13.7 Å².